The Kier molecular flexibility index (Phi) is 8.76. The van der Waals surface area contributed by atoms with Gasteiger partial charge in [-0.15, -0.1) is 0 Å². The number of likely N-dealkylation sites (tertiary alicyclic amines) is 1. The van der Waals surface area contributed by atoms with Gasteiger partial charge in [0.05, 0.1) is 37.5 Å². The zero-order valence-electron chi connectivity index (χ0n) is 21.0. The van der Waals surface area contributed by atoms with E-state index in [4.69, 9.17) is 14.2 Å². The lowest BCUT2D eigenvalue weighted by Crippen LogP contribution is -2.32. The number of amides is 1. The molecular formula is C27H34N2O6. The number of aliphatic hydroxyl groups is 1. The predicted octanol–water partition coefficient (Wildman–Crippen LogP) is 3.87. The average molecular weight is 483 g/mol. The molecule has 0 aliphatic carbocycles. The number of carbonyl (C=O) groups is 2. The van der Waals surface area contributed by atoms with E-state index in [9.17, 15) is 14.7 Å². The molecule has 1 heterocycles. The molecule has 0 spiro atoms. The van der Waals surface area contributed by atoms with Gasteiger partial charge in [-0.3, -0.25) is 9.59 Å². The van der Waals surface area contributed by atoms with Crippen LogP contribution >= 0.6 is 0 Å². The first-order valence-corrected chi connectivity index (χ1v) is 11.8. The van der Waals surface area contributed by atoms with Gasteiger partial charge in [0.1, 0.15) is 23.0 Å². The molecule has 35 heavy (non-hydrogen) atoms. The lowest BCUT2D eigenvalue weighted by atomic mass is 9.94. The second-order valence-electron chi connectivity index (χ2n) is 8.45. The van der Waals surface area contributed by atoms with Crippen molar-refractivity contribution < 1.29 is 28.9 Å². The molecule has 0 aromatic heterocycles. The lowest BCUT2D eigenvalue weighted by molar-refractivity contribution is -0.139. The Hall–Kier alpha value is -3.52. The fourth-order valence-corrected chi connectivity index (χ4v) is 4.18. The smallest absolute Gasteiger partial charge is 0.295 e. The van der Waals surface area contributed by atoms with Crippen LogP contribution in [0.5, 0.6) is 17.2 Å². The maximum absolute atomic E-state index is 13.3. The van der Waals surface area contributed by atoms with Crippen molar-refractivity contribution >= 4 is 17.4 Å². The highest BCUT2D eigenvalue weighted by molar-refractivity contribution is 6.46. The molecule has 1 aliphatic rings. The second kappa shape index (κ2) is 11.8. The van der Waals surface area contributed by atoms with Gasteiger partial charge in [0.2, 0.25) is 0 Å². The van der Waals surface area contributed by atoms with Crippen LogP contribution < -0.4 is 14.2 Å². The molecule has 1 fully saturated rings. The van der Waals surface area contributed by atoms with Crippen molar-refractivity contribution in [2.24, 2.45) is 0 Å². The second-order valence-corrected chi connectivity index (χ2v) is 8.45. The molecule has 0 bridgehead atoms. The monoisotopic (exact) mass is 482 g/mol. The molecule has 1 atom stereocenters. The van der Waals surface area contributed by atoms with E-state index in [1.165, 1.54) is 4.90 Å². The van der Waals surface area contributed by atoms with Gasteiger partial charge < -0.3 is 29.1 Å². The summed E-state index contributed by atoms with van der Waals surface area (Å²) in [4.78, 5) is 29.9. The Morgan fingerprint density at radius 1 is 1.00 bits per heavy atom. The van der Waals surface area contributed by atoms with Gasteiger partial charge in [0.25, 0.3) is 11.7 Å². The van der Waals surface area contributed by atoms with E-state index in [0.29, 0.717) is 54.6 Å². The van der Waals surface area contributed by atoms with Gasteiger partial charge in [-0.1, -0.05) is 12.1 Å². The van der Waals surface area contributed by atoms with Gasteiger partial charge in [-0.2, -0.15) is 0 Å². The molecule has 1 saturated heterocycles. The highest BCUT2D eigenvalue weighted by Gasteiger charge is 2.46. The lowest BCUT2D eigenvalue weighted by Gasteiger charge is -2.26. The van der Waals surface area contributed by atoms with Gasteiger partial charge in [-0.05, 0) is 70.7 Å². The van der Waals surface area contributed by atoms with Crippen LogP contribution in [0.1, 0.15) is 37.4 Å². The zero-order chi connectivity index (χ0) is 25.5. The maximum Gasteiger partial charge on any atom is 0.295 e. The number of hydrogen-bond donors (Lipinski definition) is 1. The summed E-state index contributed by atoms with van der Waals surface area (Å²) in [6, 6.07) is 11.5. The number of nitrogens with zero attached hydrogens (tertiary/aromatic N) is 2. The number of hydrogen-bond acceptors (Lipinski definition) is 7. The molecule has 1 unspecified atom stereocenters. The third-order valence-electron chi connectivity index (χ3n) is 5.79. The summed E-state index contributed by atoms with van der Waals surface area (Å²) in [7, 11) is 5.48. The molecule has 1 N–H and O–H groups in total. The van der Waals surface area contributed by atoms with E-state index < -0.39 is 17.7 Å². The van der Waals surface area contributed by atoms with Gasteiger partial charge in [0, 0.05) is 12.6 Å². The summed E-state index contributed by atoms with van der Waals surface area (Å²) >= 11 is 0. The maximum atomic E-state index is 13.3. The summed E-state index contributed by atoms with van der Waals surface area (Å²) < 4.78 is 16.6. The SMILES string of the molecule is CCOc1ccc(/C(O)=C2/C(=O)C(=O)N(CCCN(C)C)C2c2ccc(OC)cc2)c(OCC)c1. The molecular weight excluding hydrogens is 448 g/mol. The van der Waals surface area contributed by atoms with Crippen molar-refractivity contribution in [2.75, 3.05) is 47.5 Å². The van der Waals surface area contributed by atoms with E-state index in [-0.39, 0.29) is 11.3 Å². The number of methoxy groups -OCH3 is 1. The summed E-state index contributed by atoms with van der Waals surface area (Å²) in [6.07, 6.45) is 0.681. The predicted molar refractivity (Wildman–Crippen MR) is 134 cm³/mol. The van der Waals surface area contributed by atoms with Crippen molar-refractivity contribution in [3.63, 3.8) is 0 Å². The van der Waals surface area contributed by atoms with Gasteiger partial charge in [-0.25, -0.2) is 0 Å². The van der Waals surface area contributed by atoms with Crippen molar-refractivity contribution in [3.05, 3.63) is 59.2 Å². The number of ketones is 1. The number of carbonyl (C=O) groups excluding carboxylic acids is 2. The Morgan fingerprint density at radius 2 is 1.66 bits per heavy atom. The van der Waals surface area contributed by atoms with Gasteiger partial charge in [0.15, 0.2) is 0 Å². The molecule has 1 amide bonds. The quantitative estimate of drug-likeness (QED) is 0.296. The Labute approximate surface area is 206 Å². The average Bonchev–Trinajstić information content (AvgIpc) is 3.09. The number of rotatable bonds is 11. The van der Waals surface area contributed by atoms with Crippen LogP contribution in [0.25, 0.3) is 5.76 Å². The van der Waals surface area contributed by atoms with E-state index in [2.05, 4.69) is 0 Å². The molecule has 0 radical (unpaired) electrons. The van der Waals surface area contributed by atoms with Crippen molar-refractivity contribution in [3.8, 4) is 17.2 Å². The van der Waals surface area contributed by atoms with E-state index in [0.717, 1.165) is 6.54 Å². The molecule has 8 heteroatoms. The highest BCUT2D eigenvalue weighted by Crippen LogP contribution is 2.42. The van der Waals surface area contributed by atoms with Crippen LogP contribution in [-0.2, 0) is 9.59 Å². The third kappa shape index (κ3) is 5.77. The van der Waals surface area contributed by atoms with Crippen molar-refractivity contribution in [1.82, 2.24) is 9.80 Å². The topological polar surface area (TPSA) is 88.5 Å². The Balaban J connectivity index is 2.13. The van der Waals surface area contributed by atoms with Crippen LogP contribution in [0.4, 0.5) is 0 Å². The van der Waals surface area contributed by atoms with Gasteiger partial charge >= 0.3 is 0 Å². The first kappa shape index (κ1) is 26.1. The van der Waals surface area contributed by atoms with Crippen LogP contribution in [0, 0.1) is 0 Å². The minimum atomic E-state index is -0.732. The normalized spacial score (nSPS) is 17.2. The number of Topliss-reactive ketones (excluding diaryl/α,β-unsaturated/α-hetero) is 1. The molecule has 1 aliphatic heterocycles. The summed E-state index contributed by atoms with van der Waals surface area (Å²) in [5, 5.41) is 11.4. The first-order chi connectivity index (χ1) is 16.8. The first-order valence-electron chi connectivity index (χ1n) is 11.8. The third-order valence-corrected chi connectivity index (χ3v) is 5.79. The van der Waals surface area contributed by atoms with Crippen LogP contribution in [0.3, 0.4) is 0 Å². The van der Waals surface area contributed by atoms with Crippen molar-refractivity contribution in [2.45, 2.75) is 26.3 Å². The van der Waals surface area contributed by atoms with Crippen LogP contribution in [0.2, 0.25) is 0 Å². The molecule has 0 saturated carbocycles. The highest BCUT2D eigenvalue weighted by atomic mass is 16.5. The summed E-state index contributed by atoms with van der Waals surface area (Å²) in [5.41, 5.74) is 1.08. The summed E-state index contributed by atoms with van der Waals surface area (Å²) in [6.45, 7) is 5.67. The van der Waals surface area contributed by atoms with Crippen molar-refractivity contribution in [1.29, 1.82) is 0 Å². The Bertz CT molecular complexity index is 1080. The van der Waals surface area contributed by atoms with E-state index >= 15 is 0 Å². The number of ether oxygens (including phenoxy) is 3. The Morgan fingerprint density at radius 3 is 2.26 bits per heavy atom. The molecule has 2 aromatic carbocycles. The number of benzene rings is 2. The molecule has 3 rings (SSSR count). The molecule has 8 nitrogen and oxygen atoms in total. The minimum absolute atomic E-state index is 0.0372. The fraction of sp³-hybridized carbons (Fsp3) is 0.407. The standard InChI is InChI=1S/C27H34N2O6/c1-6-34-20-13-14-21(22(17-20)35-7-2)25(30)23-24(18-9-11-19(33-5)12-10-18)29(27(32)26(23)31)16-8-15-28(3)4/h9-14,17,24,30H,6-8,15-16H2,1-5H3/b25-23-. The molecule has 2 aromatic rings. The largest absolute Gasteiger partial charge is 0.507 e. The molecule has 188 valence electrons. The fourth-order valence-electron chi connectivity index (χ4n) is 4.18. The van der Waals surface area contributed by atoms with Crippen LogP contribution in [-0.4, -0.2) is 74.1 Å². The number of aliphatic hydroxyl groups excluding tert-OH is 1. The minimum Gasteiger partial charge on any atom is -0.507 e. The van der Waals surface area contributed by atoms with E-state index in [1.54, 1.807) is 37.4 Å². The zero-order valence-corrected chi connectivity index (χ0v) is 21.0. The van der Waals surface area contributed by atoms with Crippen LogP contribution in [0.15, 0.2) is 48.0 Å². The summed E-state index contributed by atoms with van der Waals surface area (Å²) in [5.74, 6) is 0.000309. The van der Waals surface area contributed by atoms with E-state index in [1.807, 2.05) is 45.0 Å².